The minimum atomic E-state index is -0.0381. The summed E-state index contributed by atoms with van der Waals surface area (Å²) in [4.78, 5) is 30.1. The van der Waals surface area contributed by atoms with Gasteiger partial charge in [0.05, 0.1) is 0 Å². The molecule has 0 aromatic heterocycles. The van der Waals surface area contributed by atoms with Crippen LogP contribution in [0.25, 0.3) is 0 Å². The zero-order valence-corrected chi connectivity index (χ0v) is 14.9. The Morgan fingerprint density at radius 3 is 2.56 bits per heavy atom. The van der Waals surface area contributed by atoms with E-state index >= 15 is 0 Å². The molecule has 1 saturated heterocycles. The lowest BCUT2D eigenvalue weighted by atomic mass is 10.1. The molecule has 0 aliphatic carbocycles. The Morgan fingerprint density at radius 1 is 1.12 bits per heavy atom. The summed E-state index contributed by atoms with van der Waals surface area (Å²) in [6.45, 7) is 5.98. The first-order valence-corrected chi connectivity index (χ1v) is 8.63. The van der Waals surface area contributed by atoms with Crippen molar-refractivity contribution in [3.05, 3.63) is 23.8 Å². The van der Waals surface area contributed by atoms with Crippen LogP contribution in [0.15, 0.2) is 18.2 Å². The third kappa shape index (κ3) is 4.42. The fraction of sp³-hybridized carbons (Fsp3) is 0.556. The number of carbonyl (C=O) groups excluding carboxylic acids is 2. The van der Waals surface area contributed by atoms with Crippen molar-refractivity contribution >= 4 is 11.8 Å². The maximum atomic E-state index is 12.4. The third-order valence-corrected chi connectivity index (χ3v) is 4.71. The van der Waals surface area contributed by atoms with Crippen LogP contribution in [0.5, 0.6) is 11.5 Å². The monoisotopic (exact) mass is 347 g/mol. The summed E-state index contributed by atoms with van der Waals surface area (Å²) >= 11 is 0. The van der Waals surface area contributed by atoms with Crippen molar-refractivity contribution in [1.82, 2.24) is 14.7 Å². The molecule has 1 aromatic carbocycles. The fourth-order valence-electron chi connectivity index (χ4n) is 3.05. The molecule has 136 valence electrons. The Kier molecular flexibility index (Phi) is 5.43. The van der Waals surface area contributed by atoms with Crippen LogP contribution in [0.3, 0.4) is 0 Å². The maximum absolute atomic E-state index is 12.4. The van der Waals surface area contributed by atoms with Gasteiger partial charge in [-0.2, -0.15) is 0 Å². The van der Waals surface area contributed by atoms with Crippen molar-refractivity contribution < 1.29 is 19.1 Å². The second kappa shape index (κ2) is 7.74. The van der Waals surface area contributed by atoms with Gasteiger partial charge in [-0.3, -0.25) is 9.59 Å². The average molecular weight is 347 g/mol. The Hall–Kier alpha value is -2.28. The van der Waals surface area contributed by atoms with Crippen molar-refractivity contribution in [1.29, 1.82) is 0 Å². The van der Waals surface area contributed by atoms with Crippen LogP contribution in [-0.4, -0.2) is 73.1 Å². The third-order valence-electron chi connectivity index (χ3n) is 4.71. The molecule has 0 saturated carbocycles. The Morgan fingerprint density at radius 2 is 1.84 bits per heavy atom. The summed E-state index contributed by atoms with van der Waals surface area (Å²) in [5.74, 6) is 1.51. The molecule has 0 unspecified atom stereocenters. The van der Waals surface area contributed by atoms with Gasteiger partial charge in [-0.05, 0) is 24.7 Å². The van der Waals surface area contributed by atoms with Crippen molar-refractivity contribution in [2.45, 2.75) is 19.9 Å². The van der Waals surface area contributed by atoms with E-state index in [4.69, 9.17) is 9.47 Å². The molecule has 2 amide bonds. The van der Waals surface area contributed by atoms with Crippen LogP contribution in [0, 0.1) is 0 Å². The lowest BCUT2D eigenvalue weighted by Gasteiger charge is -2.33. The van der Waals surface area contributed by atoms with E-state index in [0.29, 0.717) is 25.3 Å². The van der Waals surface area contributed by atoms with Crippen molar-refractivity contribution in [2.75, 3.05) is 46.6 Å². The first kappa shape index (κ1) is 17.5. The smallest absolute Gasteiger partial charge is 0.231 e. The first-order valence-electron chi connectivity index (χ1n) is 8.63. The highest BCUT2D eigenvalue weighted by molar-refractivity contribution is 5.78. The van der Waals surface area contributed by atoms with E-state index in [1.807, 2.05) is 23.1 Å². The summed E-state index contributed by atoms with van der Waals surface area (Å²) in [7, 11) is 2.06. The predicted octanol–water partition coefficient (Wildman–Crippen LogP) is 0.928. The van der Waals surface area contributed by atoms with Crippen molar-refractivity contribution in [2.24, 2.45) is 0 Å². The Labute approximate surface area is 148 Å². The van der Waals surface area contributed by atoms with Gasteiger partial charge in [0.1, 0.15) is 0 Å². The molecular formula is C18H25N3O4. The van der Waals surface area contributed by atoms with E-state index in [-0.39, 0.29) is 18.6 Å². The molecule has 0 atom stereocenters. The van der Waals surface area contributed by atoms with Gasteiger partial charge in [-0.1, -0.05) is 6.07 Å². The normalized spacial score (nSPS) is 16.8. The lowest BCUT2D eigenvalue weighted by molar-refractivity contribution is -0.134. The summed E-state index contributed by atoms with van der Waals surface area (Å²) in [5, 5.41) is 0. The highest BCUT2D eigenvalue weighted by Gasteiger charge is 2.21. The standard InChI is InChI=1S/C18H25N3O4/c1-14(22)21(6-5-18(23)20-9-7-19(2)8-10-20)12-15-3-4-16-17(11-15)25-13-24-16/h3-4,11H,5-10,12-13H2,1-2H3. The zero-order valence-electron chi connectivity index (χ0n) is 14.9. The van der Waals surface area contributed by atoms with E-state index in [9.17, 15) is 9.59 Å². The van der Waals surface area contributed by atoms with E-state index in [2.05, 4.69) is 11.9 Å². The SMILES string of the molecule is CC(=O)N(CCC(=O)N1CCN(C)CC1)Cc1ccc2c(c1)OCO2. The predicted molar refractivity (Wildman–Crippen MR) is 92.4 cm³/mol. The largest absolute Gasteiger partial charge is 0.454 e. The Bertz CT molecular complexity index is 641. The lowest BCUT2D eigenvalue weighted by Crippen LogP contribution is -2.47. The number of benzene rings is 1. The molecule has 0 radical (unpaired) electrons. The summed E-state index contributed by atoms with van der Waals surface area (Å²) in [5.41, 5.74) is 0.964. The van der Waals surface area contributed by atoms with Gasteiger partial charge in [-0.15, -0.1) is 0 Å². The van der Waals surface area contributed by atoms with E-state index < -0.39 is 0 Å². The van der Waals surface area contributed by atoms with Crippen LogP contribution < -0.4 is 9.47 Å². The number of hydrogen-bond donors (Lipinski definition) is 0. The van der Waals surface area contributed by atoms with Gasteiger partial charge in [0, 0.05) is 52.6 Å². The molecule has 2 aliphatic heterocycles. The topological polar surface area (TPSA) is 62.3 Å². The summed E-state index contributed by atoms with van der Waals surface area (Å²) < 4.78 is 10.7. The quantitative estimate of drug-likeness (QED) is 0.793. The number of likely N-dealkylation sites (N-methyl/N-ethyl adjacent to an activating group) is 1. The molecule has 25 heavy (non-hydrogen) atoms. The van der Waals surface area contributed by atoms with E-state index in [1.165, 1.54) is 6.92 Å². The Balaban J connectivity index is 1.54. The number of carbonyl (C=O) groups is 2. The van der Waals surface area contributed by atoms with E-state index in [1.54, 1.807) is 4.90 Å². The summed E-state index contributed by atoms with van der Waals surface area (Å²) in [6.07, 6.45) is 0.355. The number of piperazine rings is 1. The number of nitrogens with zero attached hydrogens (tertiary/aromatic N) is 3. The molecule has 0 bridgehead atoms. The van der Waals surface area contributed by atoms with Gasteiger partial charge in [0.25, 0.3) is 0 Å². The molecule has 0 spiro atoms. The molecule has 7 heteroatoms. The minimum absolute atomic E-state index is 0.0381. The van der Waals surface area contributed by atoms with Gasteiger partial charge in [0.2, 0.25) is 18.6 Å². The molecule has 0 N–H and O–H groups in total. The number of ether oxygens (including phenoxy) is 2. The molecule has 2 aliphatic rings. The molecule has 1 fully saturated rings. The average Bonchev–Trinajstić information content (AvgIpc) is 3.06. The first-order chi connectivity index (χ1) is 12.0. The second-order valence-corrected chi connectivity index (χ2v) is 6.56. The highest BCUT2D eigenvalue weighted by Crippen LogP contribution is 2.32. The number of rotatable bonds is 5. The van der Waals surface area contributed by atoms with Crippen molar-refractivity contribution in [3.8, 4) is 11.5 Å². The summed E-state index contributed by atoms with van der Waals surface area (Å²) in [6, 6.07) is 5.66. The molecule has 7 nitrogen and oxygen atoms in total. The van der Waals surface area contributed by atoms with Crippen LogP contribution in [-0.2, 0) is 16.1 Å². The van der Waals surface area contributed by atoms with Gasteiger partial charge in [0.15, 0.2) is 11.5 Å². The second-order valence-electron chi connectivity index (χ2n) is 6.56. The zero-order chi connectivity index (χ0) is 17.8. The number of hydrogen-bond acceptors (Lipinski definition) is 5. The number of fused-ring (bicyclic) bond motifs is 1. The fourth-order valence-corrected chi connectivity index (χ4v) is 3.05. The van der Waals surface area contributed by atoms with Crippen LogP contribution in [0.4, 0.5) is 0 Å². The number of amides is 2. The van der Waals surface area contributed by atoms with Crippen LogP contribution in [0.2, 0.25) is 0 Å². The van der Waals surface area contributed by atoms with Gasteiger partial charge in [-0.25, -0.2) is 0 Å². The van der Waals surface area contributed by atoms with Crippen LogP contribution >= 0.6 is 0 Å². The highest BCUT2D eigenvalue weighted by atomic mass is 16.7. The minimum Gasteiger partial charge on any atom is -0.454 e. The molecular weight excluding hydrogens is 322 g/mol. The maximum Gasteiger partial charge on any atom is 0.231 e. The molecule has 3 rings (SSSR count). The van der Waals surface area contributed by atoms with Crippen LogP contribution in [0.1, 0.15) is 18.9 Å². The molecule has 2 heterocycles. The molecule has 1 aromatic rings. The van der Waals surface area contributed by atoms with Gasteiger partial charge >= 0.3 is 0 Å². The van der Waals surface area contributed by atoms with Gasteiger partial charge < -0.3 is 24.2 Å². The van der Waals surface area contributed by atoms with E-state index in [0.717, 1.165) is 37.5 Å². The van der Waals surface area contributed by atoms with Crippen molar-refractivity contribution in [3.63, 3.8) is 0 Å².